The van der Waals surface area contributed by atoms with E-state index in [1.165, 1.54) is 25.1 Å². The molecule has 0 aliphatic rings. The predicted octanol–water partition coefficient (Wildman–Crippen LogP) is 3.99. The Balaban J connectivity index is 0.00000385. The van der Waals surface area contributed by atoms with Crippen LogP contribution >= 0.6 is 0 Å². The van der Waals surface area contributed by atoms with Gasteiger partial charge in [0.05, 0.1) is 19.2 Å². The molecule has 1 radical (unpaired) electrons. The number of hydrogen-bond acceptors (Lipinski definition) is 4. The van der Waals surface area contributed by atoms with Crippen LogP contribution in [0.15, 0.2) is 42.5 Å². The fraction of sp³-hybridized carbons (Fsp3) is 0.227. The van der Waals surface area contributed by atoms with Crippen molar-refractivity contribution in [2.24, 2.45) is 0 Å². The van der Waals surface area contributed by atoms with Crippen molar-refractivity contribution in [3.63, 3.8) is 0 Å². The number of aromatic amines is 1. The van der Waals surface area contributed by atoms with Crippen LogP contribution in [0.25, 0.3) is 16.2 Å². The Labute approximate surface area is 220 Å². The number of H-pyrrole nitrogens is 1. The molecule has 1 heterocycles. The first kappa shape index (κ1) is 26.8. The third-order valence-corrected chi connectivity index (χ3v) is 4.78. The van der Waals surface area contributed by atoms with E-state index in [9.17, 15) is 28.2 Å². The third kappa shape index (κ3) is 6.53. The van der Waals surface area contributed by atoms with Crippen molar-refractivity contribution in [3.05, 3.63) is 76.4 Å². The van der Waals surface area contributed by atoms with Crippen LogP contribution in [0.3, 0.4) is 0 Å². The van der Waals surface area contributed by atoms with Crippen LogP contribution in [0.4, 0.5) is 18.9 Å². The number of aryl methyl sites for hydroxylation is 1. The molecule has 169 valence electrons. The Bertz CT molecular complexity index is 1170. The van der Waals surface area contributed by atoms with E-state index in [2.05, 4.69) is 20.1 Å². The van der Waals surface area contributed by atoms with Crippen molar-refractivity contribution in [1.82, 2.24) is 15.3 Å². The number of aromatic hydroxyl groups is 1. The zero-order valence-corrected chi connectivity index (χ0v) is 21.1. The van der Waals surface area contributed by atoms with Crippen LogP contribution in [0.2, 0.25) is 0 Å². The molecule has 0 aliphatic heterocycles. The molecule has 1 aromatic heterocycles. The van der Waals surface area contributed by atoms with Gasteiger partial charge in [-0.1, -0.05) is 24.3 Å². The number of nitrogens with zero attached hydrogens (tertiary/aromatic N) is 2. The molecule has 3 rings (SSSR count). The molecule has 2 aromatic carbocycles. The van der Waals surface area contributed by atoms with E-state index in [1.54, 1.807) is 24.3 Å². The summed E-state index contributed by atoms with van der Waals surface area (Å²) >= 11 is 0. The fourth-order valence-electron chi connectivity index (χ4n) is 3.14. The van der Waals surface area contributed by atoms with Gasteiger partial charge in [0, 0.05) is 58.1 Å². The number of hydrogen-bond donors (Lipinski definition) is 4. The smallest absolute Gasteiger partial charge is 0.435 e. The second-order valence-corrected chi connectivity index (χ2v) is 7.13. The number of phenols is 1. The first-order valence-electron chi connectivity index (χ1n) is 9.47. The van der Waals surface area contributed by atoms with E-state index in [1.807, 2.05) is 0 Å². The molecular weight excluding hydrogens is 566 g/mol. The van der Waals surface area contributed by atoms with Gasteiger partial charge in [-0.05, 0) is 37.1 Å². The molecule has 4 N–H and O–H groups in total. The number of alkyl halides is 3. The number of aliphatic hydroxyl groups excluding tert-OH is 1. The van der Waals surface area contributed by atoms with Crippen LogP contribution < -0.4 is 5.32 Å². The predicted molar refractivity (Wildman–Crippen MR) is 110 cm³/mol. The molecule has 0 unspecified atom stereocenters. The minimum absolute atomic E-state index is 0. The molecule has 0 saturated carbocycles. The van der Waals surface area contributed by atoms with Gasteiger partial charge in [-0.2, -0.15) is 13.2 Å². The van der Waals surface area contributed by atoms with Gasteiger partial charge in [0.1, 0.15) is 11.6 Å². The van der Waals surface area contributed by atoms with E-state index in [0.29, 0.717) is 5.56 Å². The minimum Gasteiger partial charge on any atom is -0.519 e. The van der Waals surface area contributed by atoms with Crippen molar-refractivity contribution in [1.29, 1.82) is 0 Å². The van der Waals surface area contributed by atoms with E-state index in [-0.39, 0.29) is 82.8 Å². The molecule has 0 fully saturated rings. The Morgan fingerprint density at radius 1 is 1.24 bits per heavy atom. The number of nitrogens with one attached hydrogen (secondary N) is 2. The van der Waals surface area contributed by atoms with Gasteiger partial charge in [0.15, 0.2) is 5.69 Å². The number of imidazole rings is 1. The van der Waals surface area contributed by atoms with Crippen LogP contribution in [0.5, 0.6) is 5.75 Å². The topological polar surface area (TPSA) is 103 Å². The molecule has 1 atom stereocenters. The van der Waals surface area contributed by atoms with E-state index >= 15 is 0 Å². The standard InChI is InChI=1S/C22H19F3N4O3.Pr/c1-12-19(22(23,24)25)29-20(27-12)14-5-3-13(4-6-14)9-16(11-30)28-21(32)15-7-8-18(31)17(10-15)26-2;/h3-8,10,16,30-31H,9,11H2,1H3,(H,27,29)(H,28,32);/t16-;/m0./s1. The summed E-state index contributed by atoms with van der Waals surface area (Å²) in [5.41, 5.74) is 0.269. The van der Waals surface area contributed by atoms with Gasteiger partial charge >= 0.3 is 6.18 Å². The number of carbonyl (C=O) groups is 1. The summed E-state index contributed by atoms with van der Waals surface area (Å²) in [5.74, 6) is -0.655. The van der Waals surface area contributed by atoms with Gasteiger partial charge in [-0.15, -0.1) is 0 Å². The number of rotatable bonds is 6. The van der Waals surface area contributed by atoms with Gasteiger partial charge in [0.2, 0.25) is 11.6 Å². The number of aliphatic hydroxyl groups is 1. The monoisotopic (exact) mass is 585 g/mol. The van der Waals surface area contributed by atoms with Gasteiger partial charge in [-0.25, -0.2) is 9.83 Å². The minimum atomic E-state index is -4.54. The number of carbonyl (C=O) groups excluding carboxylic acids is 1. The van der Waals surface area contributed by atoms with Gasteiger partial charge in [-0.3, -0.25) is 4.79 Å². The maximum Gasteiger partial charge on any atom is 0.435 e. The average Bonchev–Trinajstić information content (AvgIpc) is 3.16. The summed E-state index contributed by atoms with van der Waals surface area (Å²) in [6, 6.07) is 9.78. The zero-order chi connectivity index (χ0) is 23.5. The Hall–Kier alpha value is -2.48. The van der Waals surface area contributed by atoms with Crippen LogP contribution in [0, 0.1) is 54.8 Å². The summed E-state index contributed by atoms with van der Waals surface area (Å²) in [7, 11) is 0. The number of aromatic nitrogens is 2. The number of phenolic OH excluding ortho intramolecular Hbond substituents is 1. The van der Waals surface area contributed by atoms with Crippen LogP contribution in [-0.2, 0) is 12.6 Å². The summed E-state index contributed by atoms with van der Waals surface area (Å²) in [5, 5.41) is 21.9. The number of halogens is 3. The first-order valence-corrected chi connectivity index (χ1v) is 9.47. The third-order valence-electron chi connectivity index (χ3n) is 4.78. The quantitative estimate of drug-likeness (QED) is 0.329. The van der Waals surface area contributed by atoms with Crippen molar-refractivity contribution in [2.45, 2.75) is 25.6 Å². The maximum absolute atomic E-state index is 12.9. The van der Waals surface area contributed by atoms with Gasteiger partial charge < -0.3 is 20.5 Å². The first-order chi connectivity index (χ1) is 15.1. The SMILES string of the molecule is [C-]#[N+]c1cc(C(=O)N[C@H](CO)Cc2ccc(-c3nc(C(F)(F)F)c(C)[nH]3)cc2)ccc1O.[Pr]. The number of benzene rings is 2. The molecule has 0 aliphatic carbocycles. The molecule has 7 nitrogen and oxygen atoms in total. The molecular formula is C22H19F3N4O3Pr. The van der Waals surface area contributed by atoms with Crippen molar-refractivity contribution in [3.8, 4) is 17.1 Å². The normalized spacial score (nSPS) is 11.9. The summed E-state index contributed by atoms with van der Waals surface area (Å²) < 4.78 is 38.8. The molecule has 33 heavy (non-hydrogen) atoms. The average molecular weight is 585 g/mol. The molecule has 0 bridgehead atoms. The Kier molecular flexibility index (Phi) is 9.00. The van der Waals surface area contributed by atoms with Crippen molar-refractivity contribution < 1.29 is 69.5 Å². The zero-order valence-electron chi connectivity index (χ0n) is 17.4. The molecule has 0 spiro atoms. The second-order valence-electron chi connectivity index (χ2n) is 7.13. The molecule has 0 saturated heterocycles. The summed E-state index contributed by atoms with van der Waals surface area (Å²) in [6.07, 6.45) is -4.28. The van der Waals surface area contributed by atoms with Crippen molar-refractivity contribution in [2.75, 3.05) is 6.61 Å². The number of amides is 1. The Morgan fingerprint density at radius 2 is 1.91 bits per heavy atom. The largest absolute Gasteiger partial charge is 0.519 e. The molecule has 1 amide bonds. The summed E-state index contributed by atoms with van der Waals surface area (Å²) in [6.45, 7) is 7.95. The fourth-order valence-corrected chi connectivity index (χ4v) is 3.14. The molecule has 11 heteroatoms. The van der Waals surface area contributed by atoms with Crippen LogP contribution in [-0.4, -0.2) is 38.7 Å². The molecule has 3 aromatic rings. The van der Waals surface area contributed by atoms with Gasteiger partial charge in [0.25, 0.3) is 0 Å². The van der Waals surface area contributed by atoms with Crippen molar-refractivity contribution >= 4 is 11.6 Å². The maximum atomic E-state index is 12.9. The van der Waals surface area contributed by atoms with Crippen LogP contribution in [0.1, 0.15) is 27.3 Å². The second kappa shape index (κ2) is 11.1. The van der Waals surface area contributed by atoms with E-state index < -0.39 is 23.8 Å². The van der Waals surface area contributed by atoms with E-state index in [0.717, 1.165) is 5.56 Å². The van der Waals surface area contributed by atoms with E-state index in [4.69, 9.17) is 6.57 Å². The Morgan fingerprint density at radius 3 is 2.45 bits per heavy atom. The summed E-state index contributed by atoms with van der Waals surface area (Å²) in [4.78, 5) is 21.8.